The molecule has 0 aliphatic heterocycles. The zero-order chi connectivity index (χ0) is 14.5. The Kier molecular flexibility index (Phi) is 4.38. The molecule has 0 aromatic heterocycles. The minimum atomic E-state index is -1.19. The number of ether oxygens (including phenoxy) is 1. The number of carbonyl (C=O) groups excluding carboxylic acids is 1. The Morgan fingerprint density at radius 2 is 1.70 bits per heavy atom. The molecule has 0 fully saturated rings. The molecule has 20 heavy (non-hydrogen) atoms. The third-order valence-electron chi connectivity index (χ3n) is 3.14. The first-order chi connectivity index (χ1) is 9.63. The van der Waals surface area contributed by atoms with E-state index in [1.807, 2.05) is 30.3 Å². The largest absolute Gasteiger partial charge is 0.497 e. The minimum absolute atomic E-state index is 0.374. The fourth-order valence-corrected chi connectivity index (χ4v) is 1.89. The first-order valence-electron chi connectivity index (χ1n) is 6.28. The van der Waals surface area contributed by atoms with E-state index in [0.29, 0.717) is 11.3 Å². The van der Waals surface area contributed by atoms with Crippen molar-refractivity contribution >= 4 is 11.6 Å². The molecule has 0 aliphatic carbocycles. The Bertz CT molecular complexity index is 566. The van der Waals surface area contributed by atoms with Gasteiger partial charge >= 0.3 is 0 Å². The fourth-order valence-electron chi connectivity index (χ4n) is 1.89. The number of rotatable bonds is 4. The Hall–Kier alpha value is -2.33. The molecule has 2 rings (SSSR count). The number of methoxy groups -OCH3 is 1. The van der Waals surface area contributed by atoms with Crippen molar-refractivity contribution in [1.29, 1.82) is 0 Å². The topological polar surface area (TPSA) is 49.8 Å². The van der Waals surface area contributed by atoms with Gasteiger partial charge in [-0.05, 0) is 29.8 Å². The van der Waals surface area contributed by atoms with Gasteiger partial charge in [0.25, 0.3) is 5.91 Å². The van der Waals surface area contributed by atoms with Crippen molar-refractivity contribution in [2.75, 3.05) is 19.1 Å². The second-order valence-corrected chi connectivity index (χ2v) is 4.41. The molecule has 1 unspecified atom stereocenters. The molecule has 2 aromatic carbocycles. The second kappa shape index (κ2) is 6.21. The average Bonchev–Trinajstić information content (AvgIpc) is 2.53. The van der Waals surface area contributed by atoms with Crippen LogP contribution < -0.4 is 9.64 Å². The first-order valence-corrected chi connectivity index (χ1v) is 6.28. The van der Waals surface area contributed by atoms with Gasteiger partial charge in [0, 0.05) is 12.7 Å². The minimum Gasteiger partial charge on any atom is -0.497 e. The quantitative estimate of drug-likeness (QED) is 0.929. The third-order valence-corrected chi connectivity index (χ3v) is 3.14. The highest BCUT2D eigenvalue weighted by atomic mass is 16.5. The van der Waals surface area contributed by atoms with Crippen LogP contribution in [-0.4, -0.2) is 25.2 Å². The van der Waals surface area contributed by atoms with Crippen LogP contribution in [0, 0.1) is 0 Å². The normalized spacial score (nSPS) is 11.8. The van der Waals surface area contributed by atoms with Crippen LogP contribution in [0.4, 0.5) is 5.69 Å². The predicted octanol–water partition coefficient (Wildman–Crippen LogP) is 2.39. The van der Waals surface area contributed by atoms with Crippen molar-refractivity contribution in [2.24, 2.45) is 0 Å². The summed E-state index contributed by atoms with van der Waals surface area (Å²) in [6, 6.07) is 16.0. The van der Waals surface area contributed by atoms with E-state index in [9.17, 15) is 9.90 Å². The number of benzene rings is 2. The SMILES string of the molecule is COc1ccc(C(O)C(=O)N(C)c2ccccc2)cc1. The smallest absolute Gasteiger partial charge is 0.260 e. The lowest BCUT2D eigenvalue weighted by Gasteiger charge is -2.21. The van der Waals surface area contributed by atoms with Crippen molar-refractivity contribution in [3.63, 3.8) is 0 Å². The summed E-state index contributed by atoms with van der Waals surface area (Å²) >= 11 is 0. The maximum Gasteiger partial charge on any atom is 0.260 e. The molecule has 0 saturated carbocycles. The number of hydrogen-bond donors (Lipinski definition) is 1. The van der Waals surface area contributed by atoms with Crippen LogP contribution in [0.25, 0.3) is 0 Å². The molecule has 1 N–H and O–H groups in total. The highest BCUT2D eigenvalue weighted by Crippen LogP contribution is 2.21. The summed E-state index contributed by atoms with van der Waals surface area (Å²) in [6.07, 6.45) is -1.19. The van der Waals surface area contributed by atoms with Crippen LogP contribution in [0.3, 0.4) is 0 Å². The maximum atomic E-state index is 12.2. The molecule has 0 heterocycles. The molecule has 104 valence electrons. The second-order valence-electron chi connectivity index (χ2n) is 4.41. The van der Waals surface area contributed by atoms with E-state index in [1.54, 1.807) is 38.4 Å². The molecule has 0 radical (unpaired) electrons. The van der Waals surface area contributed by atoms with E-state index < -0.39 is 6.10 Å². The molecule has 1 amide bonds. The monoisotopic (exact) mass is 271 g/mol. The van der Waals surface area contributed by atoms with Crippen LogP contribution in [-0.2, 0) is 4.79 Å². The van der Waals surface area contributed by atoms with Gasteiger partial charge in [0.1, 0.15) is 5.75 Å². The van der Waals surface area contributed by atoms with Gasteiger partial charge in [-0.2, -0.15) is 0 Å². The number of para-hydroxylation sites is 1. The number of aliphatic hydroxyl groups excluding tert-OH is 1. The van der Waals surface area contributed by atoms with Gasteiger partial charge in [-0.3, -0.25) is 4.79 Å². The fraction of sp³-hybridized carbons (Fsp3) is 0.188. The lowest BCUT2D eigenvalue weighted by molar-refractivity contribution is -0.126. The van der Waals surface area contributed by atoms with Crippen molar-refractivity contribution < 1.29 is 14.6 Å². The van der Waals surface area contributed by atoms with Crippen molar-refractivity contribution in [3.05, 3.63) is 60.2 Å². The summed E-state index contributed by atoms with van der Waals surface area (Å²) in [5.74, 6) is 0.311. The van der Waals surface area contributed by atoms with Gasteiger partial charge in [0.15, 0.2) is 6.10 Å². The lowest BCUT2D eigenvalue weighted by Crippen LogP contribution is -2.31. The van der Waals surface area contributed by atoms with Crippen molar-refractivity contribution in [2.45, 2.75) is 6.10 Å². The highest BCUT2D eigenvalue weighted by Gasteiger charge is 2.22. The van der Waals surface area contributed by atoms with Gasteiger partial charge in [-0.1, -0.05) is 30.3 Å². The van der Waals surface area contributed by atoms with Crippen molar-refractivity contribution in [1.82, 2.24) is 0 Å². The van der Waals surface area contributed by atoms with E-state index in [-0.39, 0.29) is 5.91 Å². The van der Waals surface area contributed by atoms with Gasteiger partial charge in [-0.25, -0.2) is 0 Å². The Labute approximate surface area is 118 Å². The van der Waals surface area contributed by atoms with Gasteiger partial charge in [-0.15, -0.1) is 0 Å². The zero-order valence-electron chi connectivity index (χ0n) is 11.5. The van der Waals surface area contributed by atoms with E-state index >= 15 is 0 Å². The number of hydrogen-bond acceptors (Lipinski definition) is 3. The molecule has 4 nitrogen and oxygen atoms in total. The molecule has 2 aromatic rings. The lowest BCUT2D eigenvalue weighted by atomic mass is 10.1. The summed E-state index contributed by atoms with van der Waals surface area (Å²) in [4.78, 5) is 13.7. The number of nitrogens with zero attached hydrogens (tertiary/aromatic N) is 1. The number of likely N-dealkylation sites (N-methyl/N-ethyl adjacent to an activating group) is 1. The third kappa shape index (κ3) is 2.97. The standard InChI is InChI=1S/C16H17NO3/c1-17(13-6-4-3-5-7-13)16(19)15(18)12-8-10-14(20-2)11-9-12/h3-11,15,18H,1-2H3. The van der Waals surface area contributed by atoms with E-state index in [4.69, 9.17) is 4.74 Å². The summed E-state index contributed by atoms with van der Waals surface area (Å²) in [5.41, 5.74) is 1.28. The van der Waals surface area contributed by atoms with E-state index in [0.717, 1.165) is 5.69 Å². The summed E-state index contributed by atoms with van der Waals surface area (Å²) in [5, 5.41) is 10.2. The van der Waals surface area contributed by atoms with Crippen LogP contribution in [0.2, 0.25) is 0 Å². The molecular weight excluding hydrogens is 254 g/mol. The molecule has 0 spiro atoms. The van der Waals surface area contributed by atoms with E-state index in [2.05, 4.69) is 0 Å². The van der Waals surface area contributed by atoms with Crippen LogP contribution in [0.15, 0.2) is 54.6 Å². The van der Waals surface area contributed by atoms with Gasteiger partial charge < -0.3 is 14.7 Å². The summed E-state index contributed by atoms with van der Waals surface area (Å²) in [7, 11) is 3.21. The summed E-state index contributed by atoms with van der Waals surface area (Å²) < 4.78 is 5.05. The number of anilines is 1. The van der Waals surface area contributed by atoms with Gasteiger partial charge in [0.2, 0.25) is 0 Å². The molecule has 0 saturated heterocycles. The predicted molar refractivity (Wildman–Crippen MR) is 77.8 cm³/mol. The Morgan fingerprint density at radius 1 is 1.10 bits per heavy atom. The maximum absolute atomic E-state index is 12.2. The molecular formula is C16H17NO3. The summed E-state index contributed by atoms with van der Waals surface area (Å²) in [6.45, 7) is 0. The molecule has 4 heteroatoms. The Morgan fingerprint density at radius 3 is 2.25 bits per heavy atom. The van der Waals surface area contributed by atoms with E-state index in [1.165, 1.54) is 4.90 Å². The Balaban J connectivity index is 2.15. The van der Waals surface area contributed by atoms with Crippen LogP contribution >= 0.6 is 0 Å². The number of aliphatic hydroxyl groups is 1. The number of carbonyl (C=O) groups is 1. The van der Waals surface area contributed by atoms with Crippen LogP contribution in [0.5, 0.6) is 5.75 Å². The molecule has 0 aliphatic rings. The number of amides is 1. The first kappa shape index (κ1) is 14.1. The van der Waals surface area contributed by atoms with Gasteiger partial charge in [0.05, 0.1) is 7.11 Å². The molecule has 1 atom stereocenters. The van der Waals surface area contributed by atoms with Crippen LogP contribution in [0.1, 0.15) is 11.7 Å². The highest BCUT2D eigenvalue weighted by molar-refractivity contribution is 5.96. The zero-order valence-corrected chi connectivity index (χ0v) is 11.5. The molecule has 0 bridgehead atoms. The average molecular weight is 271 g/mol. The van der Waals surface area contributed by atoms with Crippen molar-refractivity contribution in [3.8, 4) is 5.75 Å².